The zero-order valence-electron chi connectivity index (χ0n) is 15.0. The highest BCUT2D eigenvalue weighted by molar-refractivity contribution is 6.30. The molecule has 0 saturated heterocycles. The van der Waals surface area contributed by atoms with Crippen molar-refractivity contribution in [2.75, 3.05) is 6.61 Å². The van der Waals surface area contributed by atoms with Crippen molar-refractivity contribution >= 4 is 17.4 Å². The Morgan fingerprint density at radius 1 is 1.23 bits per heavy atom. The highest BCUT2D eigenvalue weighted by Gasteiger charge is 2.16. The van der Waals surface area contributed by atoms with Crippen molar-refractivity contribution in [2.45, 2.75) is 45.4 Å². The number of phenols is 1. The van der Waals surface area contributed by atoms with Gasteiger partial charge < -0.3 is 9.84 Å². The molecule has 0 unspecified atom stereocenters. The number of hydrogen-bond donors (Lipinski definition) is 1. The molecule has 138 valence electrons. The minimum atomic E-state index is -0.127. The van der Waals surface area contributed by atoms with Gasteiger partial charge in [-0.1, -0.05) is 30.9 Å². The number of pyridine rings is 1. The number of benzene rings is 1. The van der Waals surface area contributed by atoms with E-state index in [0.29, 0.717) is 40.0 Å². The van der Waals surface area contributed by atoms with Gasteiger partial charge in [-0.3, -0.25) is 9.78 Å². The van der Waals surface area contributed by atoms with Crippen LogP contribution in [0.25, 0.3) is 0 Å². The maximum atomic E-state index is 12.6. The molecule has 1 aliphatic carbocycles. The number of halogens is 1. The minimum Gasteiger partial charge on any atom is -0.507 e. The van der Waals surface area contributed by atoms with Crippen LogP contribution in [0.1, 0.15) is 53.6 Å². The summed E-state index contributed by atoms with van der Waals surface area (Å²) in [5.74, 6) is 1.19. The van der Waals surface area contributed by atoms with E-state index in [1.807, 2.05) is 0 Å². The lowest BCUT2D eigenvalue weighted by molar-refractivity contribution is 0.0991. The maximum Gasteiger partial charge on any atom is 0.169 e. The van der Waals surface area contributed by atoms with Crippen LogP contribution in [0.15, 0.2) is 30.6 Å². The number of phenolic OH excluding ortho intramolecular Hbond substituents is 1. The van der Waals surface area contributed by atoms with Crippen LogP contribution in [0.3, 0.4) is 0 Å². The molecule has 1 N–H and O–H groups in total. The van der Waals surface area contributed by atoms with Crippen LogP contribution in [0.2, 0.25) is 5.02 Å². The first-order chi connectivity index (χ1) is 12.5. The maximum absolute atomic E-state index is 12.6. The Morgan fingerprint density at radius 2 is 2.00 bits per heavy atom. The number of aromatic nitrogens is 1. The lowest BCUT2D eigenvalue weighted by atomic mass is 9.90. The SMILES string of the molecule is Cc1cc(Cl)cc(CC(=O)c2cncc(OCC3CCCCC3)c2)c1O. The van der Waals surface area contributed by atoms with Crippen LogP contribution in [0.5, 0.6) is 11.5 Å². The number of hydrogen-bond acceptors (Lipinski definition) is 4. The fourth-order valence-corrected chi connectivity index (χ4v) is 3.73. The second kappa shape index (κ2) is 8.54. The van der Waals surface area contributed by atoms with E-state index >= 15 is 0 Å². The molecular formula is C21H24ClNO3. The smallest absolute Gasteiger partial charge is 0.169 e. The van der Waals surface area contributed by atoms with Crippen LogP contribution < -0.4 is 4.74 Å². The van der Waals surface area contributed by atoms with Crippen molar-refractivity contribution in [3.05, 3.63) is 52.3 Å². The highest BCUT2D eigenvalue weighted by atomic mass is 35.5. The third-order valence-corrected chi connectivity index (χ3v) is 5.16. The molecule has 26 heavy (non-hydrogen) atoms. The van der Waals surface area contributed by atoms with E-state index in [-0.39, 0.29) is 18.0 Å². The molecule has 1 saturated carbocycles. The van der Waals surface area contributed by atoms with Gasteiger partial charge in [0.05, 0.1) is 12.8 Å². The van der Waals surface area contributed by atoms with Crippen molar-refractivity contribution in [1.82, 2.24) is 4.98 Å². The summed E-state index contributed by atoms with van der Waals surface area (Å²) < 4.78 is 5.86. The summed E-state index contributed by atoms with van der Waals surface area (Å²) in [5, 5.41) is 10.7. The zero-order chi connectivity index (χ0) is 18.5. The van der Waals surface area contributed by atoms with Gasteiger partial charge in [0.2, 0.25) is 0 Å². The van der Waals surface area contributed by atoms with Crippen molar-refractivity contribution < 1.29 is 14.6 Å². The second-order valence-electron chi connectivity index (χ2n) is 7.05. The van der Waals surface area contributed by atoms with E-state index in [9.17, 15) is 9.90 Å². The molecule has 1 aromatic carbocycles. The first-order valence-electron chi connectivity index (χ1n) is 9.12. The molecule has 1 aromatic heterocycles. The molecule has 0 radical (unpaired) electrons. The molecule has 0 amide bonds. The number of ether oxygens (including phenoxy) is 1. The molecule has 0 atom stereocenters. The van der Waals surface area contributed by atoms with Gasteiger partial charge in [0, 0.05) is 28.8 Å². The topological polar surface area (TPSA) is 59.4 Å². The number of nitrogens with zero attached hydrogens (tertiary/aromatic N) is 1. The number of aromatic hydroxyl groups is 1. The van der Waals surface area contributed by atoms with E-state index in [1.54, 1.807) is 31.3 Å². The van der Waals surface area contributed by atoms with Gasteiger partial charge in [-0.05, 0) is 49.4 Å². The normalized spacial score (nSPS) is 15.0. The van der Waals surface area contributed by atoms with E-state index in [0.717, 1.165) is 0 Å². The van der Waals surface area contributed by atoms with Gasteiger partial charge in [0.15, 0.2) is 5.78 Å². The van der Waals surface area contributed by atoms with Gasteiger partial charge in [0.25, 0.3) is 0 Å². The zero-order valence-corrected chi connectivity index (χ0v) is 15.8. The van der Waals surface area contributed by atoms with Crippen molar-refractivity contribution in [3.8, 4) is 11.5 Å². The predicted molar refractivity (Wildman–Crippen MR) is 102 cm³/mol. The summed E-state index contributed by atoms with van der Waals surface area (Å²) in [6.45, 7) is 2.43. The van der Waals surface area contributed by atoms with Gasteiger partial charge in [-0.2, -0.15) is 0 Å². The first-order valence-corrected chi connectivity index (χ1v) is 9.50. The second-order valence-corrected chi connectivity index (χ2v) is 7.49. The largest absolute Gasteiger partial charge is 0.507 e. The van der Waals surface area contributed by atoms with Crippen LogP contribution >= 0.6 is 11.6 Å². The Balaban J connectivity index is 1.66. The lowest BCUT2D eigenvalue weighted by Gasteiger charge is -2.21. The Morgan fingerprint density at radius 3 is 2.77 bits per heavy atom. The monoisotopic (exact) mass is 373 g/mol. The van der Waals surface area contributed by atoms with Gasteiger partial charge in [-0.25, -0.2) is 0 Å². The molecule has 0 bridgehead atoms. The Labute approximate surface area is 159 Å². The standard InChI is InChI=1S/C21H24ClNO3/c1-14-7-18(22)8-16(21(14)25)10-20(24)17-9-19(12-23-11-17)26-13-15-5-3-2-4-6-15/h7-9,11-12,15,25H,2-6,10,13H2,1H3. The summed E-state index contributed by atoms with van der Waals surface area (Å²) in [4.78, 5) is 16.7. The Bertz CT molecular complexity index is 785. The third-order valence-electron chi connectivity index (χ3n) is 4.94. The van der Waals surface area contributed by atoms with Gasteiger partial charge in [0.1, 0.15) is 11.5 Å². The number of Topliss-reactive ketones (excluding diaryl/α,β-unsaturated/α-hetero) is 1. The summed E-state index contributed by atoms with van der Waals surface area (Å²) in [7, 11) is 0. The summed E-state index contributed by atoms with van der Waals surface area (Å²) in [6, 6.07) is 5.03. The van der Waals surface area contributed by atoms with Crippen molar-refractivity contribution in [1.29, 1.82) is 0 Å². The molecule has 0 aliphatic heterocycles. The van der Waals surface area contributed by atoms with Crippen LogP contribution in [-0.4, -0.2) is 22.5 Å². The fraction of sp³-hybridized carbons (Fsp3) is 0.429. The number of carbonyl (C=O) groups is 1. The molecule has 0 spiro atoms. The first kappa shape index (κ1) is 18.7. The number of carbonyl (C=O) groups excluding carboxylic acids is 1. The lowest BCUT2D eigenvalue weighted by Crippen LogP contribution is -2.15. The van der Waals surface area contributed by atoms with Gasteiger partial charge in [-0.15, -0.1) is 0 Å². The van der Waals surface area contributed by atoms with E-state index < -0.39 is 0 Å². The Kier molecular flexibility index (Phi) is 6.15. The number of rotatable bonds is 6. The minimum absolute atomic E-state index is 0.0704. The highest BCUT2D eigenvalue weighted by Crippen LogP contribution is 2.28. The van der Waals surface area contributed by atoms with Gasteiger partial charge >= 0.3 is 0 Å². The summed E-state index contributed by atoms with van der Waals surface area (Å²) >= 11 is 6.04. The molecule has 3 rings (SSSR count). The average molecular weight is 374 g/mol. The molecule has 2 aromatic rings. The van der Waals surface area contributed by atoms with Crippen LogP contribution in [0.4, 0.5) is 0 Å². The molecule has 5 heteroatoms. The molecule has 1 heterocycles. The number of ketones is 1. The van der Waals surface area contributed by atoms with Crippen LogP contribution in [-0.2, 0) is 6.42 Å². The summed E-state index contributed by atoms with van der Waals surface area (Å²) in [6.07, 6.45) is 9.52. The molecule has 1 fully saturated rings. The average Bonchev–Trinajstić information content (AvgIpc) is 2.65. The molecular weight excluding hydrogens is 350 g/mol. The van der Waals surface area contributed by atoms with Crippen molar-refractivity contribution in [3.63, 3.8) is 0 Å². The number of aryl methyl sites for hydroxylation is 1. The summed E-state index contributed by atoms with van der Waals surface area (Å²) in [5.41, 5.74) is 1.65. The van der Waals surface area contributed by atoms with E-state index in [1.165, 1.54) is 38.3 Å². The Hall–Kier alpha value is -2.07. The van der Waals surface area contributed by atoms with Crippen molar-refractivity contribution in [2.24, 2.45) is 5.92 Å². The predicted octanol–water partition coefficient (Wildman–Crippen LogP) is 5.13. The molecule has 1 aliphatic rings. The van der Waals surface area contributed by atoms with E-state index in [4.69, 9.17) is 16.3 Å². The van der Waals surface area contributed by atoms with Crippen LogP contribution in [0, 0.1) is 12.8 Å². The quantitative estimate of drug-likeness (QED) is 0.713. The third kappa shape index (κ3) is 4.76. The fourth-order valence-electron chi connectivity index (χ4n) is 3.43. The van der Waals surface area contributed by atoms with E-state index in [2.05, 4.69) is 4.98 Å². The molecule has 4 nitrogen and oxygen atoms in total.